The molecule has 0 saturated carbocycles. The third-order valence-corrected chi connectivity index (χ3v) is 3.37. The van der Waals surface area contributed by atoms with Gasteiger partial charge in [-0.1, -0.05) is 6.07 Å². The van der Waals surface area contributed by atoms with Gasteiger partial charge >= 0.3 is 0 Å². The molecule has 3 nitrogen and oxygen atoms in total. The van der Waals surface area contributed by atoms with Crippen LogP contribution in [0.5, 0.6) is 0 Å². The summed E-state index contributed by atoms with van der Waals surface area (Å²) in [5, 5.41) is 6.06. The van der Waals surface area contributed by atoms with Crippen molar-refractivity contribution in [1.82, 2.24) is 10.6 Å². The van der Waals surface area contributed by atoms with Gasteiger partial charge in [0.05, 0.1) is 5.56 Å². The number of hydrogen-bond donors (Lipinski definition) is 2. The van der Waals surface area contributed by atoms with Gasteiger partial charge in [-0.15, -0.1) is 0 Å². The molecule has 1 fully saturated rings. The molecule has 2 N–H and O–H groups in total. The van der Waals surface area contributed by atoms with E-state index in [1.165, 1.54) is 12.1 Å². The van der Waals surface area contributed by atoms with Crippen LogP contribution in [0.2, 0.25) is 0 Å². The van der Waals surface area contributed by atoms with Gasteiger partial charge in [0.2, 0.25) is 0 Å². The summed E-state index contributed by atoms with van der Waals surface area (Å²) in [4.78, 5) is 11.8. The Morgan fingerprint density at radius 3 is 3.06 bits per heavy atom. The lowest BCUT2D eigenvalue weighted by Gasteiger charge is -2.10. The van der Waals surface area contributed by atoms with E-state index in [4.69, 9.17) is 0 Å². The zero-order valence-corrected chi connectivity index (χ0v) is 10.6. The highest BCUT2D eigenvalue weighted by atomic mass is 19.1. The minimum Gasteiger partial charge on any atom is -0.352 e. The molecule has 1 amide bonds. The van der Waals surface area contributed by atoms with Crippen LogP contribution in [0.15, 0.2) is 18.2 Å². The Hall–Kier alpha value is -1.42. The number of rotatable bonds is 4. The van der Waals surface area contributed by atoms with E-state index in [0.717, 1.165) is 31.5 Å². The van der Waals surface area contributed by atoms with Gasteiger partial charge in [0, 0.05) is 6.54 Å². The first-order chi connectivity index (χ1) is 8.66. The molecule has 18 heavy (non-hydrogen) atoms. The van der Waals surface area contributed by atoms with Crippen LogP contribution in [-0.4, -0.2) is 25.5 Å². The van der Waals surface area contributed by atoms with Gasteiger partial charge < -0.3 is 10.6 Å². The quantitative estimate of drug-likeness (QED) is 0.856. The van der Waals surface area contributed by atoms with Crippen LogP contribution >= 0.6 is 0 Å². The fraction of sp³-hybridized carbons (Fsp3) is 0.500. The predicted octanol–water partition coefficient (Wildman–Crippen LogP) is 1.86. The fourth-order valence-electron chi connectivity index (χ4n) is 2.25. The van der Waals surface area contributed by atoms with Crippen molar-refractivity contribution in [2.24, 2.45) is 5.92 Å². The molecule has 1 unspecified atom stereocenters. The highest BCUT2D eigenvalue weighted by Gasteiger charge is 2.15. The molecule has 1 saturated heterocycles. The highest BCUT2D eigenvalue weighted by Crippen LogP contribution is 2.12. The first-order valence-corrected chi connectivity index (χ1v) is 6.42. The van der Waals surface area contributed by atoms with Crippen LogP contribution < -0.4 is 10.6 Å². The van der Waals surface area contributed by atoms with Crippen molar-refractivity contribution >= 4 is 5.91 Å². The topological polar surface area (TPSA) is 41.1 Å². The largest absolute Gasteiger partial charge is 0.352 e. The summed E-state index contributed by atoms with van der Waals surface area (Å²) in [7, 11) is 0. The van der Waals surface area contributed by atoms with E-state index in [-0.39, 0.29) is 11.5 Å². The maximum atomic E-state index is 13.6. The van der Waals surface area contributed by atoms with Gasteiger partial charge in [-0.2, -0.15) is 0 Å². The number of nitrogens with one attached hydrogen (secondary N) is 2. The zero-order chi connectivity index (χ0) is 13.0. The third-order valence-electron chi connectivity index (χ3n) is 3.37. The molecule has 1 aliphatic rings. The van der Waals surface area contributed by atoms with Crippen LogP contribution in [0.3, 0.4) is 0 Å². The molecule has 1 aromatic rings. The lowest BCUT2D eigenvalue weighted by Crippen LogP contribution is -2.27. The second-order valence-corrected chi connectivity index (χ2v) is 4.89. The van der Waals surface area contributed by atoms with E-state index in [2.05, 4.69) is 10.6 Å². The van der Waals surface area contributed by atoms with Crippen LogP contribution in [-0.2, 0) is 0 Å². The standard InChI is InChI=1S/C14H19FN2O/c1-10-2-3-12(13(15)8-10)14(18)17-7-5-11-4-6-16-9-11/h2-3,8,11,16H,4-7,9H2,1H3,(H,17,18). The normalized spacial score (nSPS) is 18.9. The molecular formula is C14H19FN2O. The summed E-state index contributed by atoms with van der Waals surface area (Å²) in [6.07, 6.45) is 2.11. The van der Waals surface area contributed by atoms with E-state index < -0.39 is 5.82 Å². The number of benzene rings is 1. The maximum Gasteiger partial charge on any atom is 0.254 e. The first-order valence-electron chi connectivity index (χ1n) is 6.42. The van der Waals surface area contributed by atoms with Crippen LogP contribution in [0.4, 0.5) is 4.39 Å². The van der Waals surface area contributed by atoms with Crippen molar-refractivity contribution in [3.05, 3.63) is 35.1 Å². The van der Waals surface area contributed by atoms with Gasteiger partial charge in [0.15, 0.2) is 0 Å². The van der Waals surface area contributed by atoms with E-state index in [0.29, 0.717) is 12.5 Å². The van der Waals surface area contributed by atoms with Crippen molar-refractivity contribution < 1.29 is 9.18 Å². The molecular weight excluding hydrogens is 231 g/mol. The second kappa shape index (κ2) is 5.96. The predicted molar refractivity (Wildman–Crippen MR) is 69.1 cm³/mol. The molecule has 0 bridgehead atoms. The van der Waals surface area contributed by atoms with Crippen molar-refractivity contribution in [2.75, 3.05) is 19.6 Å². The summed E-state index contributed by atoms with van der Waals surface area (Å²) < 4.78 is 13.6. The second-order valence-electron chi connectivity index (χ2n) is 4.89. The molecule has 0 radical (unpaired) electrons. The van der Waals surface area contributed by atoms with Crippen molar-refractivity contribution in [3.63, 3.8) is 0 Å². The lowest BCUT2D eigenvalue weighted by molar-refractivity contribution is 0.0947. The SMILES string of the molecule is Cc1ccc(C(=O)NCCC2CCNC2)c(F)c1. The summed E-state index contributed by atoms with van der Waals surface area (Å²) >= 11 is 0. The smallest absolute Gasteiger partial charge is 0.254 e. The van der Waals surface area contributed by atoms with E-state index in [9.17, 15) is 9.18 Å². The molecule has 98 valence electrons. The first kappa shape index (κ1) is 13.0. The van der Waals surface area contributed by atoms with Crippen LogP contribution in [0.25, 0.3) is 0 Å². The Morgan fingerprint density at radius 2 is 2.39 bits per heavy atom. The minimum absolute atomic E-state index is 0.130. The van der Waals surface area contributed by atoms with E-state index in [1.807, 2.05) is 0 Å². The Bertz CT molecular complexity index is 428. The van der Waals surface area contributed by atoms with Gasteiger partial charge in [-0.3, -0.25) is 4.79 Å². The monoisotopic (exact) mass is 250 g/mol. The van der Waals surface area contributed by atoms with Crippen molar-refractivity contribution in [3.8, 4) is 0 Å². The molecule has 1 aliphatic heterocycles. The molecule has 1 atom stereocenters. The number of aryl methyl sites for hydroxylation is 1. The van der Waals surface area contributed by atoms with Gasteiger partial charge in [0.25, 0.3) is 5.91 Å². The molecule has 2 rings (SSSR count). The number of amides is 1. The zero-order valence-electron chi connectivity index (χ0n) is 10.6. The highest BCUT2D eigenvalue weighted by molar-refractivity contribution is 5.94. The molecule has 4 heteroatoms. The summed E-state index contributed by atoms with van der Waals surface area (Å²) in [6.45, 7) is 4.50. The van der Waals surface area contributed by atoms with Crippen molar-refractivity contribution in [1.29, 1.82) is 0 Å². The summed E-state index contributed by atoms with van der Waals surface area (Å²) in [5.41, 5.74) is 0.950. The van der Waals surface area contributed by atoms with Crippen molar-refractivity contribution in [2.45, 2.75) is 19.8 Å². The number of carbonyl (C=O) groups is 1. The Kier molecular flexibility index (Phi) is 4.31. The molecule has 0 aromatic heterocycles. The molecule has 1 aromatic carbocycles. The molecule has 0 aliphatic carbocycles. The van der Waals surface area contributed by atoms with Gasteiger partial charge in [-0.05, 0) is 56.5 Å². The summed E-state index contributed by atoms with van der Waals surface area (Å²) in [6, 6.07) is 4.67. The number of halogens is 1. The third kappa shape index (κ3) is 3.29. The van der Waals surface area contributed by atoms with Gasteiger partial charge in [-0.25, -0.2) is 4.39 Å². The van der Waals surface area contributed by atoms with Crippen LogP contribution in [0.1, 0.15) is 28.8 Å². The Labute approximate surface area is 107 Å². The Morgan fingerprint density at radius 1 is 1.56 bits per heavy atom. The molecule has 0 spiro atoms. The average Bonchev–Trinajstić information content (AvgIpc) is 2.81. The van der Waals surface area contributed by atoms with E-state index in [1.54, 1.807) is 13.0 Å². The Balaban J connectivity index is 1.83. The van der Waals surface area contributed by atoms with Crippen LogP contribution in [0, 0.1) is 18.7 Å². The maximum absolute atomic E-state index is 13.6. The van der Waals surface area contributed by atoms with Gasteiger partial charge in [0.1, 0.15) is 5.82 Å². The number of hydrogen-bond acceptors (Lipinski definition) is 2. The molecule has 1 heterocycles. The average molecular weight is 250 g/mol. The minimum atomic E-state index is -0.449. The summed E-state index contributed by atoms with van der Waals surface area (Å²) in [5.74, 6) is -0.137. The lowest BCUT2D eigenvalue weighted by atomic mass is 10.1. The van der Waals surface area contributed by atoms with E-state index >= 15 is 0 Å². The number of carbonyl (C=O) groups excluding carboxylic acids is 1. The fourth-order valence-corrected chi connectivity index (χ4v) is 2.25.